The van der Waals surface area contributed by atoms with Crippen molar-refractivity contribution in [3.05, 3.63) is 84.1 Å². The highest BCUT2D eigenvalue weighted by Gasteiger charge is 2.12. The smallest absolute Gasteiger partial charge is 0.320 e. The lowest BCUT2D eigenvalue weighted by Gasteiger charge is -2.07. The number of halogens is 1. The maximum absolute atomic E-state index is 13.3. The van der Waals surface area contributed by atoms with Gasteiger partial charge in [-0.3, -0.25) is 10.3 Å². The number of aromatic nitrogens is 4. The van der Waals surface area contributed by atoms with Gasteiger partial charge >= 0.3 is 6.03 Å². The fraction of sp³-hybridized carbons (Fsp3) is 0.0952. The Balaban J connectivity index is 1.35. The van der Waals surface area contributed by atoms with Gasteiger partial charge in [0.15, 0.2) is 0 Å². The molecule has 1 aromatic carbocycles. The number of anilines is 1. The predicted octanol–water partition coefficient (Wildman–Crippen LogP) is 4.28. The van der Waals surface area contributed by atoms with Crippen LogP contribution >= 0.6 is 11.8 Å². The molecule has 10 heteroatoms. The number of carbonyl (C=O) groups excluding carboxylic acids is 1. The third-order valence-electron chi connectivity index (χ3n) is 4.06. The first kappa shape index (κ1) is 20.5. The molecule has 0 radical (unpaired) electrons. The van der Waals surface area contributed by atoms with E-state index in [9.17, 15) is 9.18 Å². The average Bonchev–Trinajstić information content (AvgIpc) is 3.27. The van der Waals surface area contributed by atoms with Crippen LogP contribution in [0.4, 0.5) is 15.0 Å². The maximum Gasteiger partial charge on any atom is 0.320 e. The Morgan fingerprint density at radius 1 is 1.03 bits per heavy atom. The number of amides is 2. The SMILES string of the molecule is O=C(NCc1ccccn1)Nc1cc(-c2nnc(SCc3cccc(F)c3)o2)ccn1. The van der Waals surface area contributed by atoms with Gasteiger partial charge in [-0.05, 0) is 42.0 Å². The molecular formula is C21H17FN6O2S. The van der Waals surface area contributed by atoms with E-state index in [1.807, 2.05) is 24.3 Å². The first-order valence-electron chi connectivity index (χ1n) is 9.28. The number of hydrogen-bond donors (Lipinski definition) is 2. The van der Waals surface area contributed by atoms with Gasteiger partial charge in [0.25, 0.3) is 5.22 Å². The van der Waals surface area contributed by atoms with E-state index >= 15 is 0 Å². The van der Waals surface area contributed by atoms with Crippen molar-refractivity contribution in [3.63, 3.8) is 0 Å². The van der Waals surface area contributed by atoms with E-state index in [0.29, 0.717) is 34.8 Å². The normalized spacial score (nSPS) is 10.6. The molecule has 31 heavy (non-hydrogen) atoms. The van der Waals surface area contributed by atoms with Crippen molar-refractivity contribution in [3.8, 4) is 11.5 Å². The Labute approximate surface area is 181 Å². The van der Waals surface area contributed by atoms with Gasteiger partial charge in [0, 0.05) is 23.7 Å². The first-order chi connectivity index (χ1) is 15.2. The number of pyridine rings is 2. The Bertz CT molecular complexity index is 1170. The van der Waals surface area contributed by atoms with Crippen molar-refractivity contribution < 1.29 is 13.6 Å². The fourth-order valence-corrected chi connectivity index (χ4v) is 3.33. The summed E-state index contributed by atoms with van der Waals surface area (Å²) in [6.07, 6.45) is 3.20. The topological polar surface area (TPSA) is 106 Å². The number of rotatable bonds is 7. The van der Waals surface area contributed by atoms with Crippen molar-refractivity contribution in [2.75, 3.05) is 5.32 Å². The molecule has 0 fully saturated rings. The summed E-state index contributed by atoms with van der Waals surface area (Å²) in [5.41, 5.74) is 2.17. The summed E-state index contributed by atoms with van der Waals surface area (Å²) in [4.78, 5) is 20.4. The second-order valence-corrected chi connectivity index (χ2v) is 7.28. The van der Waals surface area contributed by atoms with Crippen LogP contribution in [0.2, 0.25) is 0 Å². The molecule has 4 aromatic rings. The first-order valence-corrected chi connectivity index (χ1v) is 10.3. The quantitative estimate of drug-likeness (QED) is 0.417. The second-order valence-electron chi connectivity index (χ2n) is 6.35. The van der Waals surface area contributed by atoms with Crippen LogP contribution in [0.15, 0.2) is 76.6 Å². The van der Waals surface area contributed by atoms with Crippen LogP contribution in [0, 0.1) is 5.82 Å². The molecule has 0 unspecified atom stereocenters. The summed E-state index contributed by atoms with van der Waals surface area (Å²) in [7, 11) is 0. The molecule has 0 bridgehead atoms. The molecule has 0 saturated heterocycles. The fourth-order valence-electron chi connectivity index (χ4n) is 2.62. The Morgan fingerprint density at radius 2 is 1.97 bits per heavy atom. The van der Waals surface area contributed by atoms with Crippen molar-refractivity contribution >= 4 is 23.6 Å². The monoisotopic (exact) mass is 436 g/mol. The lowest BCUT2D eigenvalue weighted by molar-refractivity contribution is 0.251. The van der Waals surface area contributed by atoms with E-state index in [1.165, 1.54) is 30.1 Å². The van der Waals surface area contributed by atoms with Gasteiger partial charge in [-0.15, -0.1) is 10.2 Å². The van der Waals surface area contributed by atoms with Crippen LogP contribution in [0.1, 0.15) is 11.3 Å². The zero-order valence-electron chi connectivity index (χ0n) is 16.2. The van der Waals surface area contributed by atoms with Crippen LogP contribution < -0.4 is 10.6 Å². The van der Waals surface area contributed by atoms with E-state index in [-0.39, 0.29) is 5.82 Å². The molecule has 156 valence electrons. The standard InChI is InChI=1S/C21H17FN6O2S/c22-16-5-3-4-14(10-16)13-31-21-28-27-19(30-21)15-7-9-24-18(11-15)26-20(29)25-12-17-6-1-2-8-23-17/h1-11H,12-13H2,(H2,24,25,26,29). The van der Waals surface area contributed by atoms with Crippen molar-refractivity contribution in [1.82, 2.24) is 25.5 Å². The van der Waals surface area contributed by atoms with Gasteiger partial charge in [0.2, 0.25) is 5.89 Å². The van der Waals surface area contributed by atoms with Crippen LogP contribution in [0.25, 0.3) is 11.5 Å². The second kappa shape index (κ2) is 9.81. The molecule has 2 N–H and O–H groups in total. The van der Waals surface area contributed by atoms with Crippen molar-refractivity contribution in [2.24, 2.45) is 0 Å². The molecule has 3 heterocycles. The Kier molecular flexibility index (Phi) is 6.48. The molecule has 0 aliphatic heterocycles. The van der Waals surface area contributed by atoms with Crippen LogP contribution in [0.5, 0.6) is 0 Å². The highest BCUT2D eigenvalue weighted by atomic mass is 32.2. The average molecular weight is 436 g/mol. The van der Waals surface area contributed by atoms with Crippen molar-refractivity contribution in [2.45, 2.75) is 17.5 Å². The van der Waals surface area contributed by atoms with E-state index in [0.717, 1.165) is 11.3 Å². The zero-order chi connectivity index (χ0) is 21.5. The summed E-state index contributed by atoms with van der Waals surface area (Å²) in [5.74, 6) is 0.841. The van der Waals surface area contributed by atoms with E-state index < -0.39 is 6.03 Å². The highest BCUT2D eigenvalue weighted by molar-refractivity contribution is 7.98. The lowest BCUT2D eigenvalue weighted by atomic mass is 10.2. The predicted molar refractivity (Wildman–Crippen MR) is 114 cm³/mol. The molecule has 4 rings (SSSR count). The van der Waals surface area contributed by atoms with E-state index in [1.54, 1.807) is 24.4 Å². The molecule has 0 aliphatic carbocycles. The number of nitrogens with zero attached hydrogens (tertiary/aromatic N) is 4. The molecular weight excluding hydrogens is 419 g/mol. The Hall–Kier alpha value is -3.79. The molecule has 2 amide bonds. The minimum Gasteiger partial charge on any atom is -0.411 e. The Morgan fingerprint density at radius 3 is 2.81 bits per heavy atom. The minimum absolute atomic E-state index is 0.287. The van der Waals surface area contributed by atoms with Crippen LogP contribution in [0.3, 0.4) is 0 Å². The van der Waals surface area contributed by atoms with Gasteiger partial charge < -0.3 is 9.73 Å². The third kappa shape index (κ3) is 5.86. The number of carbonyl (C=O) groups is 1. The largest absolute Gasteiger partial charge is 0.411 e. The molecule has 0 atom stereocenters. The van der Waals surface area contributed by atoms with E-state index in [4.69, 9.17) is 4.42 Å². The lowest BCUT2D eigenvalue weighted by Crippen LogP contribution is -2.28. The van der Waals surface area contributed by atoms with Gasteiger partial charge in [0.05, 0.1) is 12.2 Å². The van der Waals surface area contributed by atoms with Crippen LogP contribution in [-0.4, -0.2) is 26.2 Å². The van der Waals surface area contributed by atoms with Gasteiger partial charge in [-0.1, -0.05) is 30.0 Å². The number of thioether (sulfide) groups is 1. The highest BCUT2D eigenvalue weighted by Crippen LogP contribution is 2.26. The maximum atomic E-state index is 13.3. The summed E-state index contributed by atoms with van der Waals surface area (Å²) >= 11 is 1.31. The number of benzene rings is 1. The molecule has 0 saturated carbocycles. The summed E-state index contributed by atoms with van der Waals surface area (Å²) in [5, 5.41) is 13.8. The third-order valence-corrected chi connectivity index (χ3v) is 4.95. The van der Waals surface area contributed by atoms with Gasteiger partial charge in [-0.25, -0.2) is 14.2 Å². The number of nitrogens with one attached hydrogen (secondary N) is 2. The molecule has 8 nitrogen and oxygen atoms in total. The summed E-state index contributed by atoms with van der Waals surface area (Å²) < 4.78 is 18.9. The number of hydrogen-bond acceptors (Lipinski definition) is 7. The molecule has 0 aliphatic rings. The van der Waals surface area contributed by atoms with E-state index in [2.05, 4.69) is 30.8 Å². The molecule has 3 aromatic heterocycles. The van der Waals surface area contributed by atoms with Gasteiger partial charge in [-0.2, -0.15) is 0 Å². The van der Waals surface area contributed by atoms with Crippen LogP contribution in [-0.2, 0) is 12.3 Å². The number of urea groups is 1. The molecule has 0 spiro atoms. The minimum atomic E-state index is -0.410. The zero-order valence-corrected chi connectivity index (χ0v) is 17.0. The summed E-state index contributed by atoms with van der Waals surface area (Å²) in [6, 6.07) is 14.7. The van der Waals surface area contributed by atoms with Gasteiger partial charge in [0.1, 0.15) is 11.6 Å². The van der Waals surface area contributed by atoms with Crippen molar-refractivity contribution in [1.29, 1.82) is 0 Å². The summed E-state index contributed by atoms with van der Waals surface area (Å²) in [6.45, 7) is 0.294.